The van der Waals surface area contributed by atoms with Gasteiger partial charge in [0, 0.05) is 6.04 Å². The second-order valence-corrected chi connectivity index (χ2v) is 5.44. The van der Waals surface area contributed by atoms with Crippen LogP contribution in [0.25, 0.3) is 0 Å². The summed E-state index contributed by atoms with van der Waals surface area (Å²) in [4.78, 5) is 11.7. The van der Waals surface area contributed by atoms with Gasteiger partial charge in [-0.05, 0) is 44.2 Å². The van der Waals surface area contributed by atoms with E-state index >= 15 is 0 Å². The van der Waals surface area contributed by atoms with Crippen molar-refractivity contribution in [1.29, 1.82) is 0 Å². The molecule has 88 valence electrons. The van der Waals surface area contributed by atoms with Gasteiger partial charge in [-0.2, -0.15) is 11.8 Å². The molecule has 2 atom stereocenters. The number of amides is 1. The van der Waals surface area contributed by atoms with Crippen LogP contribution < -0.4 is 10.6 Å². The average Bonchev–Trinajstić information content (AvgIpc) is 2.70. The second kappa shape index (κ2) is 7.12. The number of rotatable bonds is 6. The normalized spacial score (nSPS) is 22.7. The molecular formula is C11H22N2OS. The summed E-state index contributed by atoms with van der Waals surface area (Å²) >= 11 is 1.93. The van der Waals surface area contributed by atoms with Crippen molar-refractivity contribution in [3.63, 3.8) is 0 Å². The zero-order valence-corrected chi connectivity index (χ0v) is 10.5. The van der Waals surface area contributed by atoms with Gasteiger partial charge in [0.25, 0.3) is 0 Å². The summed E-state index contributed by atoms with van der Waals surface area (Å²) < 4.78 is 0. The van der Waals surface area contributed by atoms with Crippen LogP contribution in [0.5, 0.6) is 0 Å². The summed E-state index contributed by atoms with van der Waals surface area (Å²) in [6.45, 7) is 5.23. The minimum atomic E-state index is 0.0614. The first-order chi connectivity index (χ1) is 7.24. The quantitative estimate of drug-likeness (QED) is 0.678. The minimum absolute atomic E-state index is 0.0614. The summed E-state index contributed by atoms with van der Waals surface area (Å²) in [6, 6.07) is 0.366. The fourth-order valence-electron chi connectivity index (χ4n) is 1.73. The first-order valence-electron chi connectivity index (χ1n) is 5.85. The average molecular weight is 230 g/mol. The molecule has 1 amide bonds. The topological polar surface area (TPSA) is 41.1 Å². The van der Waals surface area contributed by atoms with Crippen LogP contribution in [-0.2, 0) is 4.79 Å². The van der Waals surface area contributed by atoms with Crippen LogP contribution >= 0.6 is 11.8 Å². The van der Waals surface area contributed by atoms with Gasteiger partial charge in [-0.25, -0.2) is 0 Å². The molecule has 0 saturated carbocycles. The van der Waals surface area contributed by atoms with Crippen molar-refractivity contribution < 1.29 is 4.79 Å². The highest BCUT2D eigenvalue weighted by Gasteiger charge is 2.22. The third-order valence-corrected chi connectivity index (χ3v) is 3.60. The van der Waals surface area contributed by atoms with E-state index in [2.05, 4.69) is 24.5 Å². The monoisotopic (exact) mass is 230 g/mol. The third-order valence-electron chi connectivity index (χ3n) is 2.66. The van der Waals surface area contributed by atoms with E-state index < -0.39 is 0 Å². The Bertz CT molecular complexity index is 193. The molecule has 0 aromatic heterocycles. The molecule has 1 rings (SSSR count). The van der Waals surface area contributed by atoms with Gasteiger partial charge in [-0.3, -0.25) is 4.79 Å². The van der Waals surface area contributed by atoms with E-state index in [9.17, 15) is 4.79 Å². The highest BCUT2D eigenvalue weighted by Crippen LogP contribution is 2.07. The molecular weight excluding hydrogens is 208 g/mol. The summed E-state index contributed by atoms with van der Waals surface area (Å²) in [6.07, 6.45) is 3.18. The maximum atomic E-state index is 11.7. The van der Waals surface area contributed by atoms with Gasteiger partial charge in [-0.1, -0.05) is 6.92 Å². The lowest BCUT2D eigenvalue weighted by Gasteiger charge is -2.16. The molecule has 0 aliphatic carbocycles. The van der Waals surface area contributed by atoms with Gasteiger partial charge in [0.2, 0.25) is 5.91 Å². The van der Waals surface area contributed by atoms with Gasteiger partial charge in [0.1, 0.15) is 0 Å². The van der Waals surface area contributed by atoms with E-state index in [4.69, 9.17) is 0 Å². The molecule has 0 spiro atoms. The Morgan fingerprint density at radius 2 is 2.47 bits per heavy atom. The summed E-state index contributed by atoms with van der Waals surface area (Å²) in [7, 11) is 0. The van der Waals surface area contributed by atoms with E-state index in [0.29, 0.717) is 6.04 Å². The Morgan fingerprint density at radius 3 is 3.07 bits per heavy atom. The molecule has 0 aromatic carbocycles. The van der Waals surface area contributed by atoms with Crippen LogP contribution in [0.3, 0.4) is 0 Å². The number of carbonyl (C=O) groups excluding carboxylic acids is 1. The van der Waals surface area contributed by atoms with Crippen LogP contribution in [0.1, 0.15) is 33.1 Å². The third kappa shape index (κ3) is 4.89. The molecule has 15 heavy (non-hydrogen) atoms. The minimum Gasteiger partial charge on any atom is -0.352 e. The molecule has 4 heteroatoms. The molecule has 0 aromatic rings. The maximum absolute atomic E-state index is 11.7. The largest absolute Gasteiger partial charge is 0.352 e. The van der Waals surface area contributed by atoms with Crippen LogP contribution in [0, 0.1) is 0 Å². The Kier molecular flexibility index (Phi) is 6.10. The van der Waals surface area contributed by atoms with E-state index in [1.807, 2.05) is 11.8 Å². The van der Waals surface area contributed by atoms with E-state index in [1.54, 1.807) is 0 Å². The van der Waals surface area contributed by atoms with Crippen LogP contribution in [0.15, 0.2) is 0 Å². The summed E-state index contributed by atoms with van der Waals surface area (Å²) in [5, 5.41) is 6.28. The summed E-state index contributed by atoms with van der Waals surface area (Å²) in [5.74, 6) is 2.47. The molecule has 1 saturated heterocycles. The Hall–Kier alpha value is -0.220. The van der Waals surface area contributed by atoms with Crippen molar-refractivity contribution in [1.82, 2.24) is 10.6 Å². The lowest BCUT2D eigenvalue weighted by Crippen LogP contribution is -2.44. The first-order valence-corrected chi connectivity index (χ1v) is 7.01. The molecule has 3 nitrogen and oxygen atoms in total. The summed E-state index contributed by atoms with van der Waals surface area (Å²) in [5.41, 5.74) is 0. The van der Waals surface area contributed by atoms with Crippen molar-refractivity contribution in [2.45, 2.75) is 45.2 Å². The van der Waals surface area contributed by atoms with Crippen molar-refractivity contribution in [3.05, 3.63) is 0 Å². The van der Waals surface area contributed by atoms with Crippen LogP contribution in [0.2, 0.25) is 0 Å². The van der Waals surface area contributed by atoms with Crippen LogP contribution in [-0.4, -0.2) is 36.0 Å². The molecule has 0 bridgehead atoms. The number of carbonyl (C=O) groups is 1. The SMILES string of the molecule is CCSCCC(C)NC(=O)[C@@H]1CCCN1. The molecule has 1 aliphatic heterocycles. The molecule has 1 unspecified atom stereocenters. The van der Waals surface area contributed by atoms with Crippen molar-refractivity contribution in [3.8, 4) is 0 Å². The fraction of sp³-hybridized carbons (Fsp3) is 0.909. The van der Waals surface area contributed by atoms with Gasteiger partial charge >= 0.3 is 0 Å². The number of hydrogen-bond donors (Lipinski definition) is 2. The van der Waals surface area contributed by atoms with E-state index in [1.165, 1.54) is 0 Å². The number of thioether (sulfide) groups is 1. The van der Waals surface area contributed by atoms with Gasteiger partial charge in [0.05, 0.1) is 6.04 Å². The predicted molar refractivity (Wildman–Crippen MR) is 66.2 cm³/mol. The van der Waals surface area contributed by atoms with E-state index in [-0.39, 0.29) is 11.9 Å². The predicted octanol–water partition coefficient (Wildman–Crippen LogP) is 1.39. The van der Waals surface area contributed by atoms with E-state index in [0.717, 1.165) is 37.3 Å². The molecule has 0 radical (unpaired) electrons. The van der Waals surface area contributed by atoms with Crippen molar-refractivity contribution >= 4 is 17.7 Å². The zero-order chi connectivity index (χ0) is 11.1. The Labute approximate surface area is 96.8 Å². The van der Waals surface area contributed by atoms with Crippen molar-refractivity contribution in [2.75, 3.05) is 18.1 Å². The smallest absolute Gasteiger partial charge is 0.237 e. The zero-order valence-electron chi connectivity index (χ0n) is 9.71. The van der Waals surface area contributed by atoms with Crippen LogP contribution in [0.4, 0.5) is 0 Å². The highest BCUT2D eigenvalue weighted by molar-refractivity contribution is 7.99. The first kappa shape index (κ1) is 12.8. The highest BCUT2D eigenvalue weighted by atomic mass is 32.2. The van der Waals surface area contributed by atoms with Gasteiger partial charge in [0.15, 0.2) is 0 Å². The standard InChI is InChI=1S/C11H22N2OS/c1-3-15-8-6-9(2)13-11(14)10-5-4-7-12-10/h9-10,12H,3-8H2,1-2H3,(H,13,14)/t9?,10-/m0/s1. The maximum Gasteiger partial charge on any atom is 0.237 e. The van der Waals surface area contributed by atoms with Gasteiger partial charge in [-0.15, -0.1) is 0 Å². The molecule has 1 fully saturated rings. The number of hydrogen-bond acceptors (Lipinski definition) is 3. The second-order valence-electron chi connectivity index (χ2n) is 4.04. The fourth-order valence-corrected chi connectivity index (χ4v) is 2.54. The lowest BCUT2D eigenvalue weighted by atomic mass is 10.2. The molecule has 1 heterocycles. The number of nitrogens with one attached hydrogen (secondary N) is 2. The molecule has 2 N–H and O–H groups in total. The molecule has 1 aliphatic rings. The van der Waals surface area contributed by atoms with Crippen molar-refractivity contribution in [2.24, 2.45) is 0 Å². The van der Waals surface area contributed by atoms with Gasteiger partial charge < -0.3 is 10.6 Å². The Morgan fingerprint density at radius 1 is 1.67 bits per heavy atom. The Balaban J connectivity index is 2.13. The lowest BCUT2D eigenvalue weighted by molar-refractivity contribution is -0.123.